The Morgan fingerprint density at radius 2 is 1.62 bits per heavy atom. The van der Waals surface area contributed by atoms with Crippen molar-refractivity contribution in [2.24, 2.45) is 0 Å². The van der Waals surface area contributed by atoms with E-state index in [0.717, 1.165) is 74.6 Å². The number of anilines is 1. The maximum Gasteiger partial charge on any atom is 0.423 e. The molecule has 0 aromatic heterocycles. The van der Waals surface area contributed by atoms with Gasteiger partial charge in [-0.05, 0) is 59.5 Å². The number of aliphatic hydroxyl groups is 1. The molecule has 0 spiro atoms. The fourth-order valence-electron chi connectivity index (χ4n) is 5.37. The van der Waals surface area contributed by atoms with E-state index in [9.17, 15) is 32.5 Å². The lowest BCUT2D eigenvalue weighted by molar-refractivity contribution is -0.388. The molecule has 0 unspecified atom stereocenters. The molecule has 0 atom stereocenters. The summed E-state index contributed by atoms with van der Waals surface area (Å²) in [5.41, 5.74) is -0.647. The van der Waals surface area contributed by atoms with Crippen LogP contribution in [0.1, 0.15) is 43.2 Å². The molecule has 2 aliphatic rings. The van der Waals surface area contributed by atoms with Crippen molar-refractivity contribution in [1.29, 1.82) is 0 Å². The van der Waals surface area contributed by atoms with E-state index in [-0.39, 0.29) is 23.5 Å². The first-order chi connectivity index (χ1) is 20.0. The minimum absolute atomic E-state index is 0.145. The number of amides is 1. The van der Waals surface area contributed by atoms with Crippen molar-refractivity contribution in [1.82, 2.24) is 9.80 Å². The number of fused-ring (bicyclic) bond motifs is 1. The monoisotopic (exact) mass is 590 g/mol. The van der Waals surface area contributed by atoms with Gasteiger partial charge in [0.15, 0.2) is 0 Å². The highest BCUT2D eigenvalue weighted by Crippen LogP contribution is 2.38. The van der Waals surface area contributed by atoms with E-state index >= 15 is 0 Å². The van der Waals surface area contributed by atoms with Gasteiger partial charge in [0.2, 0.25) is 5.91 Å². The molecule has 0 bridgehead atoms. The average molecular weight is 591 g/mol. The lowest BCUT2D eigenvalue weighted by atomic mass is 9.95. The van der Waals surface area contributed by atoms with Gasteiger partial charge in [-0.1, -0.05) is 37.5 Å². The molecule has 1 aliphatic heterocycles. The van der Waals surface area contributed by atoms with Crippen LogP contribution in [0, 0.1) is 15.9 Å². The van der Waals surface area contributed by atoms with Crippen LogP contribution in [0.5, 0.6) is 0 Å². The third-order valence-electron chi connectivity index (χ3n) is 7.61. The van der Waals surface area contributed by atoms with Crippen LogP contribution < -0.4 is 5.32 Å². The zero-order valence-corrected chi connectivity index (χ0v) is 23.1. The lowest BCUT2D eigenvalue weighted by Gasteiger charge is -2.34. The molecule has 42 heavy (non-hydrogen) atoms. The Hall–Kier alpha value is -3.77. The molecular formula is C30H34F4N4O4. The summed E-state index contributed by atoms with van der Waals surface area (Å²) in [4.78, 5) is 25.1. The van der Waals surface area contributed by atoms with E-state index in [1.54, 1.807) is 17.0 Å². The van der Waals surface area contributed by atoms with Gasteiger partial charge in [-0.25, -0.2) is 4.39 Å². The zero-order chi connectivity index (χ0) is 30.3. The van der Waals surface area contributed by atoms with Gasteiger partial charge in [-0.2, -0.15) is 13.2 Å². The molecule has 3 aromatic rings. The quantitative estimate of drug-likeness (QED) is 0.209. The van der Waals surface area contributed by atoms with Crippen molar-refractivity contribution in [3.8, 4) is 0 Å². The number of rotatable bonds is 6. The van der Waals surface area contributed by atoms with E-state index < -0.39 is 29.0 Å². The molecule has 226 valence electrons. The Morgan fingerprint density at radius 3 is 2.26 bits per heavy atom. The Bertz CT molecular complexity index is 1390. The smallest absolute Gasteiger partial charge is 0.387 e. The lowest BCUT2D eigenvalue weighted by Crippen LogP contribution is -2.49. The molecule has 1 aliphatic carbocycles. The van der Waals surface area contributed by atoms with Crippen molar-refractivity contribution in [2.75, 3.05) is 38.1 Å². The third-order valence-corrected chi connectivity index (χ3v) is 7.61. The molecular weight excluding hydrogens is 556 g/mol. The van der Waals surface area contributed by atoms with Crippen LogP contribution in [0.3, 0.4) is 0 Å². The number of hydrogen-bond acceptors (Lipinski definition) is 6. The largest absolute Gasteiger partial charge is 0.423 e. The van der Waals surface area contributed by atoms with Gasteiger partial charge < -0.3 is 15.3 Å². The Balaban J connectivity index is 0.000000194. The topological polar surface area (TPSA) is 99.0 Å². The van der Waals surface area contributed by atoms with E-state index in [4.69, 9.17) is 5.11 Å². The van der Waals surface area contributed by atoms with Gasteiger partial charge in [0.05, 0.1) is 4.92 Å². The summed E-state index contributed by atoms with van der Waals surface area (Å²) in [5.74, 6) is -0.419. The second-order valence-electron chi connectivity index (χ2n) is 10.6. The summed E-state index contributed by atoms with van der Waals surface area (Å²) in [7, 11) is 0. The fourth-order valence-corrected chi connectivity index (χ4v) is 5.37. The summed E-state index contributed by atoms with van der Waals surface area (Å²) >= 11 is 0. The van der Waals surface area contributed by atoms with Crippen molar-refractivity contribution < 1.29 is 32.4 Å². The number of aliphatic hydroxyl groups excluding tert-OH is 1. The molecule has 1 heterocycles. The summed E-state index contributed by atoms with van der Waals surface area (Å²) in [6.07, 6.45) is 0.350. The molecule has 1 saturated carbocycles. The van der Waals surface area contributed by atoms with Crippen LogP contribution in [0.15, 0.2) is 54.6 Å². The van der Waals surface area contributed by atoms with E-state index in [1.807, 2.05) is 12.1 Å². The minimum Gasteiger partial charge on any atom is -0.387 e. The van der Waals surface area contributed by atoms with Gasteiger partial charge in [-0.15, -0.1) is 0 Å². The highest BCUT2D eigenvalue weighted by molar-refractivity contribution is 5.83. The van der Waals surface area contributed by atoms with Gasteiger partial charge >= 0.3 is 6.18 Å². The Kier molecular flexibility index (Phi) is 10.3. The van der Waals surface area contributed by atoms with Crippen molar-refractivity contribution in [3.05, 3.63) is 81.7 Å². The number of nitrogens with one attached hydrogen (secondary N) is 1. The van der Waals surface area contributed by atoms with Crippen LogP contribution in [0.4, 0.5) is 28.9 Å². The first-order valence-electron chi connectivity index (χ1n) is 13.9. The molecule has 1 amide bonds. The number of nitro benzene ring substituents is 1. The van der Waals surface area contributed by atoms with Crippen LogP contribution >= 0.6 is 0 Å². The molecule has 8 nitrogen and oxygen atoms in total. The maximum atomic E-state index is 13.2. The zero-order valence-electron chi connectivity index (χ0n) is 23.1. The minimum atomic E-state index is -4.73. The molecule has 12 heteroatoms. The number of carbonyl (C=O) groups excluding carboxylic acids is 1. The number of piperazine rings is 1. The molecule has 1 saturated heterocycles. The van der Waals surface area contributed by atoms with Crippen LogP contribution in [-0.4, -0.2) is 64.6 Å². The summed E-state index contributed by atoms with van der Waals surface area (Å²) in [6, 6.07) is 14.1. The second-order valence-corrected chi connectivity index (χ2v) is 10.6. The number of nitro groups is 1. The number of alkyl halides is 3. The van der Waals surface area contributed by atoms with Crippen molar-refractivity contribution in [2.45, 2.75) is 50.9 Å². The molecule has 5 rings (SSSR count). The van der Waals surface area contributed by atoms with E-state index in [0.29, 0.717) is 13.1 Å². The number of benzene rings is 3. The summed E-state index contributed by atoms with van der Waals surface area (Å²) in [5, 5.41) is 24.5. The van der Waals surface area contributed by atoms with Gasteiger partial charge in [-0.3, -0.25) is 19.8 Å². The predicted octanol–water partition coefficient (Wildman–Crippen LogP) is 5.97. The van der Waals surface area contributed by atoms with E-state index in [2.05, 4.69) is 16.3 Å². The average Bonchev–Trinajstić information content (AvgIpc) is 2.97. The summed E-state index contributed by atoms with van der Waals surface area (Å²) in [6.45, 7) is 3.30. The predicted molar refractivity (Wildman–Crippen MR) is 151 cm³/mol. The van der Waals surface area contributed by atoms with Gasteiger partial charge in [0, 0.05) is 50.5 Å². The summed E-state index contributed by atoms with van der Waals surface area (Å²) < 4.78 is 51.7. The molecule has 0 radical (unpaired) electrons. The van der Waals surface area contributed by atoms with Crippen molar-refractivity contribution in [3.63, 3.8) is 0 Å². The van der Waals surface area contributed by atoms with Crippen molar-refractivity contribution >= 4 is 28.1 Å². The Labute approximate surface area is 241 Å². The molecule has 3 aromatic carbocycles. The Morgan fingerprint density at radius 1 is 0.952 bits per heavy atom. The number of hydrogen-bond donors (Lipinski definition) is 2. The van der Waals surface area contributed by atoms with Gasteiger partial charge in [0.25, 0.3) is 5.69 Å². The standard InChI is InChI=1S/C17H19FN2O2.C13H15F3N2O2/c18-16-4-3-14-9-13(1-2-15(14)10-16)11-19-5-7-20(8-6-19)17(22)12-21;14-13(15,16)11-8-10(6-7-12(11)18(19)20)17-9-4-2-1-3-5-9/h1-4,9-10,21H,5-8,11-12H2;6-9,17H,1-5H2. The maximum absolute atomic E-state index is 13.2. The highest BCUT2D eigenvalue weighted by Gasteiger charge is 2.38. The number of carbonyl (C=O) groups is 1. The number of halogens is 4. The first-order valence-corrected chi connectivity index (χ1v) is 13.9. The first kappa shape index (κ1) is 31.2. The SMILES string of the molecule is O=C(CO)N1CCN(Cc2ccc3cc(F)ccc3c2)CC1.O=[N+]([O-])c1ccc(NC2CCCCC2)cc1C(F)(F)F. The fraction of sp³-hybridized carbons (Fsp3) is 0.433. The van der Waals surface area contributed by atoms with E-state index in [1.165, 1.54) is 17.7 Å². The van der Waals surface area contributed by atoms with Crippen LogP contribution in [0.2, 0.25) is 0 Å². The highest BCUT2D eigenvalue weighted by atomic mass is 19.4. The number of nitrogens with zero attached hydrogens (tertiary/aromatic N) is 3. The molecule has 2 fully saturated rings. The molecule has 2 N–H and O–H groups in total. The van der Waals surface area contributed by atoms with Crippen LogP contribution in [-0.2, 0) is 17.5 Å². The van der Waals surface area contributed by atoms with Crippen LogP contribution in [0.25, 0.3) is 10.8 Å². The van der Waals surface area contributed by atoms with Gasteiger partial charge in [0.1, 0.15) is 18.0 Å². The normalized spacial score (nSPS) is 16.5. The second kappa shape index (κ2) is 13.9. The third kappa shape index (κ3) is 8.39.